The van der Waals surface area contributed by atoms with Crippen LogP contribution in [0.4, 0.5) is 0 Å². The van der Waals surface area contributed by atoms with E-state index in [0.29, 0.717) is 6.42 Å². The van der Waals surface area contributed by atoms with Gasteiger partial charge < -0.3 is 9.90 Å². The van der Waals surface area contributed by atoms with Crippen molar-refractivity contribution in [1.29, 1.82) is 0 Å². The molecule has 2 aromatic carbocycles. The molecule has 3 nitrogen and oxygen atoms in total. The first-order chi connectivity index (χ1) is 9.65. The molecule has 0 unspecified atom stereocenters. The van der Waals surface area contributed by atoms with Gasteiger partial charge in [-0.1, -0.05) is 48.5 Å². The summed E-state index contributed by atoms with van der Waals surface area (Å²) in [5.74, 6) is -1.15. The van der Waals surface area contributed by atoms with Crippen LogP contribution in [0, 0.1) is 0 Å². The quantitative estimate of drug-likeness (QED) is 0.777. The molecule has 1 aliphatic carbocycles. The first kappa shape index (κ1) is 12.4. The number of aromatic carboxylic acids is 1. The third-order valence-corrected chi connectivity index (χ3v) is 3.42. The van der Waals surface area contributed by atoms with Gasteiger partial charge in [0.2, 0.25) is 0 Å². The van der Waals surface area contributed by atoms with Crippen molar-refractivity contribution in [3.05, 3.63) is 76.4 Å². The summed E-state index contributed by atoms with van der Waals surface area (Å²) < 4.78 is 0. The number of carboxylic acids is 1. The van der Waals surface area contributed by atoms with Gasteiger partial charge >= 0.3 is 0 Å². The molecule has 0 atom stereocenters. The van der Waals surface area contributed by atoms with Crippen LogP contribution in [0.15, 0.2) is 54.1 Å². The summed E-state index contributed by atoms with van der Waals surface area (Å²) >= 11 is 0. The van der Waals surface area contributed by atoms with E-state index in [1.807, 2.05) is 24.3 Å². The summed E-state index contributed by atoms with van der Waals surface area (Å²) in [5.41, 5.74) is 3.46. The molecule has 0 saturated heterocycles. The van der Waals surface area contributed by atoms with E-state index in [2.05, 4.69) is 0 Å². The molecule has 20 heavy (non-hydrogen) atoms. The van der Waals surface area contributed by atoms with Crippen molar-refractivity contribution in [2.24, 2.45) is 0 Å². The lowest BCUT2D eigenvalue weighted by Crippen LogP contribution is -2.21. The molecule has 0 heterocycles. The number of carbonyl (C=O) groups is 2. The number of Topliss-reactive ketones (excluding diaryl/α,β-unsaturated/α-hetero) is 1. The Bertz CT molecular complexity index is 724. The predicted octanol–water partition coefficient (Wildman–Crippen LogP) is 1.87. The average Bonchev–Trinajstić information content (AvgIpc) is 2.77. The Morgan fingerprint density at radius 1 is 1.05 bits per heavy atom. The molecular weight excluding hydrogens is 252 g/mol. The number of fused-ring (bicyclic) bond motifs is 1. The minimum Gasteiger partial charge on any atom is -0.545 e. The van der Waals surface area contributed by atoms with Crippen LogP contribution in [0.25, 0.3) is 6.08 Å². The molecule has 3 rings (SSSR count). The monoisotopic (exact) mass is 263 g/mol. The van der Waals surface area contributed by atoms with Gasteiger partial charge in [-0.05, 0) is 22.8 Å². The number of rotatable bonds is 2. The fraction of sp³-hybridized carbons (Fsp3) is 0.0588. The number of benzene rings is 2. The molecule has 0 aromatic heterocycles. The SMILES string of the molecule is O=C([O-])c1ccc(/C=C2\Cc3ccccc3C2=O)cc1. The maximum absolute atomic E-state index is 12.2. The third-order valence-electron chi connectivity index (χ3n) is 3.42. The lowest BCUT2D eigenvalue weighted by atomic mass is 10.1. The number of hydrogen-bond acceptors (Lipinski definition) is 3. The van der Waals surface area contributed by atoms with E-state index in [-0.39, 0.29) is 11.3 Å². The Morgan fingerprint density at radius 3 is 2.40 bits per heavy atom. The Kier molecular flexibility index (Phi) is 2.95. The van der Waals surface area contributed by atoms with Crippen LogP contribution < -0.4 is 5.11 Å². The first-order valence-electron chi connectivity index (χ1n) is 6.30. The van der Waals surface area contributed by atoms with Crippen LogP contribution in [-0.2, 0) is 6.42 Å². The van der Waals surface area contributed by atoms with Crippen LogP contribution >= 0.6 is 0 Å². The maximum Gasteiger partial charge on any atom is 0.189 e. The van der Waals surface area contributed by atoms with Crippen LogP contribution in [0.2, 0.25) is 0 Å². The molecule has 0 bridgehead atoms. The average molecular weight is 263 g/mol. The van der Waals surface area contributed by atoms with Gasteiger partial charge in [0.15, 0.2) is 5.78 Å². The molecule has 0 N–H and O–H groups in total. The van der Waals surface area contributed by atoms with Crippen LogP contribution in [0.5, 0.6) is 0 Å². The topological polar surface area (TPSA) is 57.2 Å². The fourth-order valence-corrected chi connectivity index (χ4v) is 2.39. The molecule has 2 aromatic rings. The second-order valence-corrected chi connectivity index (χ2v) is 4.74. The van der Waals surface area contributed by atoms with Gasteiger partial charge in [-0.25, -0.2) is 0 Å². The van der Waals surface area contributed by atoms with E-state index in [4.69, 9.17) is 0 Å². The summed E-state index contributed by atoms with van der Waals surface area (Å²) in [5, 5.41) is 10.7. The lowest BCUT2D eigenvalue weighted by Gasteiger charge is -2.02. The van der Waals surface area contributed by atoms with Gasteiger partial charge in [-0.2, -0.15) is 0 Å². The van der Waals surface area contributed by atoms with Crippen molar-refractivity contribution < 1.29 is 14.7 Å². The summed E-state index contributed by atoms with van der Waals surface area (Å²) in [6, 6.07) is 13.9. The molecule has 3 heteroatoms. The Hall–Kier alpha value is -2.68. The Balaban J connectivity index is 1.91. The summed E-state index contributed by atoms with van der Waals surface area (Å²) in [6.07, 6.45) is 2.43. The van der Waals surface area contributed by atoms with Gasteiger partial charge in [0.25, 0.3) is 0 Å². The van der Waals surface area contributed by atoms with E-state index in [9.17, 15) is 14.7 Å². The molecule has 98 valence electrons. The summed E-state index contributed by atoms with van der Waals surface area (Å²) in [6.45, 7) is 0. The van der Waals surface area contributed by atoms with E-state index < -0.39 is 5.97 Å². The Morgan fingerprint density at radius 2 is 1.75 bits per heavy atom. The van der Waals surface area contributed by atoms with Crippen molar-refractivity contribution in [3.8, 4) is 0 Å². The number of allylic oxidation sites excluding steroid dienone is 1. The van der Waals surface area contributed by atoms with Crippen LogP contribution in [-0.4, -0.2) is 11.8 Å². The molecule has 0 aliphatic heterocycles. The predicted molar refractivity (Wildman–Crippen MR) is 73.2 cm³/mol. The molecule has 0 radical (unpaired) electrons. The van der Waals surface area contributed by atoms with Crippen LogP contribution in [0.1, 0.15) is 31.8 Å². The van der Waals surface area contributed by atoms with Crippen molar-refractivity contribution in [2.45, 2.75) is 6.42 Å². The highest BCUT2D eigenvalue weighted by atomic mass is 16.4. The maximum atomic E-state index is 12.2. The van der Waals surface area contributed by atoms with Crippen molar-refractivity contribution in [2.75, 3.05) is 0 Å². The molecule has 0 saturated carbocycles. The fourth-order valence-electron chi connectivity index (χ4n) is 2.39. The minimum atomic E-state index is -1.20. The van der Waals surface area contributed by atoms with Crippen molar-refractivity contribution in [3.63, 3.8) is 0 Å². The van der Waals surface area contributed by atoms with Crippen molar-refractivity contribution in [1.82, 2.24) is 0 Å². The van der Waals surface area contributed by atoms with Gasteiger partial charge in [0.1, 0.15) is 0 Å². The molecule has 0 spiro atoms. The van der Waals surface area contributed by atoms with E-state index in [1.165, 1.54) is 12.1 Å². The number of ketones is 1. The second-order valence-electron chi connectivity index (χ2n) is 4.74. The zero-order chi connectivity index (χ0) is 14.1. The third kappa shape index (κ3) is 2.14. The zero-order valence-electron chi connectivity index (χ0n) is 10.6. The molecular formula is C17H11O3-. The molecule has 0 amide bonds. The van der Waals surface area contributed by atoms with E-state index in [0.717, 1.165) is 22.3 Å². The Labute approximate surface area is 116 Å². The van der Waals surface area contributed by atoms with Gasteiger partial charge in [0.05, 0.1) is 5.97 Å². The van der Waals surface area contributed by atoms with Gasteiger partial charge in [0, 0.05) is 17.6 Å². The summed E-state index contributed by atoms with van der Waals surface area (Å²) in [4.78, 5) is 22.9. The van der Waals surface area contributed by atoms with E-state index in [1.54, 1.807) is 18.2 Å². The molecule has 0 fully saturated rings. The number of carbonyl (C=O) groups excluding carboxylic acids is 2. The molecule has 1 aliphatic rings. The number of hydrogen-bond donors (Lipinski definition) is 0. The summed E-state index contributed by atoms with van der Waals surface area (Å²) in [7, 11) is 0. The normalized spacial score (nSPS) is 15.4. The minimum absolute atomic E-state index is 0.0459. The lowest BCUT2D eigenvalue weighted by molar-refractivity contribution is -0.255. The standard InChI is InChI=1S/C17H12O3/c18-16-14(10-13-3-1-2-4-15(13)16)9-11-5-7-12(8-6-11)17(19)20/h1-9H,10H2,(H,19,20)/p-1/b14-9+. The van der Waals surface area contributed by atoms with Gasteiger partial charge in [-0.15, -0.1) is 0 Å². The second kappa shape index (κ2) is 4.78. The highest BCUT2D eigenvalue weighted by molar-refractivity contribution is 6.15. The first-order valence-corrected chi connectivity index (χ1v) is 6.30. The van der Waals surface area contributed by atoms with E-state index >= 15 is 0 Å². The van der Waals surface area contributed by atoms with Crippen molar-refractivity contribution >= 4 is 17.8 Å². The highest BCUT2D eigenvalue weighted by Crippen LogP contribution is 2.27. The highest BCUT2D eigenvalue weighted by Gasteiger charge is 2.23. The number of carboxylic acid groups (broad SMARTS) is 1. The van der Waals surface area contributed by atoms with Gasteiger partial charge in [-0.3, -0.25) is 4.79 Å². The van der Waals surface area contributed by atoms with Crippen LogP contribution in [0.3, 0.4) is 0 Å². The smallest absolute Gasteiger partial charge is 0.189 e. The zero-order valence-corrected chi connectivity index (χ0v) is 10.6. The largest absolute Gasteiger partial charge is 0.545 e.